The van der Waals surface area contributed by atoms with Crippen molar-refractivity contribution in [2.24, 2.45) is 0 Å². The van der Waals surface area contributed by atoms with Gasteiger partial charge < -0.3 is 10.1 Å². The number of anilines is 2. The first-order valence-electron chi connectivity index (χ1n) is 7.55. The van der Waals surface area contributed by atoms with E-state index < -0.39 is 0 Å². The number of aromatic nitrogens is 2. The fourth-order valence-corrected chi connectivity index (χ4v) is 3.68. The number of benzene rings is 2. The van der Waals surface area contributed by atoms with Crippen LogP contribution in [0.15, 0.2) is 48.5 Å². The Labute approximate surface area is 162 Å². The molecule has 0 unspecified atom stereocenters. The van der Waals surface area contributed by atoms with Crippen LogP contribution in [-0.4, -0.2) is 22.8 Å². The molecule has 2 aromatic carbocycles. The summed E-state index contributed by atoms with van der Waals surface area (Å²) in [6.07, 6.45) is 0. The number of urea groups is 1. The molecule has 2 amide bonds. The number of nitrogens with one attached hydrogen (secondary N) is 2. The van der Waals surface area contributed by atoms with Crippen molar-refractivity contribution in [3.8, 4) is 16.3 Å². The van der Waals surface area contributed by atoms with Crippen molar-refractivity contribution in [2.45, 2.75) is 6.92 Å². The van der Waals surface area contributed by atoms with Gasteiger partial charge in [0, 0.05) is 14.8 Å². The topological polar surface area (TPSA) is 76.1 Å². The Morgan fingerprint density at radius 3 is 2.60 bits per heavy atom. The molecule has 3 aromatic rings. The molecule has 2 N–H and O–H groups in total. The zero-order valence-electron chi connectivity index (χ0n) is 13.3. The number of carbonyl (C=O) groups excluding carboxylic acids is 1. The van der Waals surface area contributed by atoms with Gasteiger partial charge in [-0.2, -0.15) is 0 Å². The molecule has 128 valence electrons. The summed E-state index contributed by atoms with van der Waals surface area (Å²) in [5, 5.41) is 14.8. The second kappa shape index (κ2) is 8.26. The zero-order valence-corrected chi connectivity index (χ0v) is 16.3. The van der Waals surface area contributed by atoms with E-state index in [1.165, 1.54) is 11.3 Å². The molecule has 0 aliphatic heterocycles. The third-order valence-corrected chi connectivity index (χ3v) is 4.99. The van der Waals surface area contributed by atoms with Gasteiger partial charge in [-0.05, 0) is 59.8 Å². The Bertz CT molecular complexity index is 867. The lowest BCUT2D eigenvalue weighted by atomic mass is 10.2. The molecular formula is C17H15IN4O2S. The van der Waals surface area contributed by atoms with Crippen LogP contribution < -0.4 is 15.4 Å². The van der Waals surface area contributed by atoms with Gasteiger partial charge in [0.25, 0.3) is 0 Å². The van der Waals surface area contributed by atoms with Crippen LogP contribution >= 0.6 is 33.9 Å². The maximum Gasteiger partial charge on any atom is 0.325 e. The number of halogens is 1. The third-order valence-electron chi connectivity index (χ3n) is 3.17. The van der Waals surface area contributed by atoms with Crippen molar-refractivity contribution in [3.05, 3.63) is 52.1 Å². The predicted octanol–water partition coefficient (Wildman–Crippen LogP) is 4.85. The molecule has 0 fully saturated rings. The molecule has 25 heavy (non-hydrogen) atoms. The Morgan fingerprint density at radius 1 is 1.12 bits per heavy atom. The van der Waals surface area contributed by atoms with Crippen molar-refractivity contribution in [1.82, 2.24) is 10.2 Å². The van der Waals surface area contributed by atoms with Crippen LogP contribution in [0.3, 0.4) is 0 Å². The van der Waals surface area contributed by atoms with Crippen LogP contribution in [0.2, 0.25) is 0 Å². The first-order valence-corrected chi connectivity index (χ1v) is 9.44. The van der Waals surface area contributed by atoms with Gasteiger partial charge in [0.2, 0.25) is 5.13 Å². The first-order chi connectivity index (χ1) is 12.2. The number of amides is 2. The number of ether oxygens (including phenoxy) is 1. The van der Waals surface area contributed by atoms with Crippen LogP contribution in [0.1, 0.15) is 6.92 Å². The molecule has 0 bridgehead atoms. The average molecular weight is 466 g/mol. The highest BCUT2D eigenvalue weighted by atomic mass is 127. The Kier molecular flexibility index (Phi) is 5.82. The minimum Gasteiger partial charge on any atom is -0.494 e. The summed E-state index contributed by atoms with van der Waals surface area (Å²) in [7, 11) is 0. The molecule has 0 atom stereocenters. The number of hydrogen-bond acceptors (Lipinski definition) is 5. The highest BCUT2D eigenvalue weighted by Crippen LogP contribution is 2.29. The first kappa shape index (κ1) is 17.6. The standard InChI is InChI=1S/C17H15IN4O2S/c1-2-24-12-9-7-11(8-10-12)19-16(23)20-17-22-21-15(25-17)13-5-3-4-6-14(13)18/h3-10H,2H2,1H3,(H2,19,20,22,23). The van der Waals surface area contributed by atoms with E-state index in [9.17, 15) is 4.79 Å². The summed E-state index contributed by atoms with van der Waals surface area (Å²) < 4.78 is 6.46. The van der Waals surface area contributed by atoms with Crippen LogP contribution in [0.5, 0.6) is 5.75 Å². The summed E-state index contributed by atoms with van der Waals surface area (Å²) >= 11 is 3.58. The van der Waals surface area contributed by atoms with E-state index >= 15 is 0 Å². The largest absolute Gasteiger partial charge is 0.494 e. The molecule has 0 aliphatic rings. The number of nitrogens with zero attached hydrogens (tertiary/aromatic N) is 2. The Hall–Kier alpha value is -2.20. The molecule has 1 aromatic heterocycles. The normalized spacial score (nSPS) is 10.3. The van der Waals surface area contributed by atoms with Crippen LogP contribution in [-0.2, 0) is 0 Å². The number of carbonyl (C=O) groups is 1. The lowest BCUT2D eigenvalue weighted by Gasteiger charge is -2.06. The van der Waals surface area contributed by atoms with Gasteiger partial charge >= 0.3 is 6.03 Å². The summed E-state index contributed by atoms with van der Waals surface area (Å²) in [6, 6.07) is 14.7. The zero-order chi connectivity index (χ0) is 17.6. The van der Waals surface area contributed by atoms with Crippen molar-refractivity contribution < 1.29 is 9.53 Å². The van der Waals surface area contributed by atoms with E-state index in [1.54, 1.807) is 24.3 Å². The monoisotopic (exact) mass is 466 g/mol. The van der Waals surface area contributed by atoms with Gasteiger partial charge in [0.15, 0.2) is 5.01 Å². The SMILES string of the molecule is CCOc1ccc(NC(=O)Nc2nnc(-c3ccccc3I)s2)cc1. The van der Waals surface area contributed by atoms with Gasteiger partial charge in [-0.1, -0.05) is 29.5 Å². The summed E-state index contributed by atoms with van der Waals surface area (Å²) in [6.45, 7) is 2.53. The highest BCUT2D eigenvalue weighted by Gasteiger charge is 2.11. The second-order valence-corrected chi connectivity index (χ2v) is 7.07. The summed E-state index contributed by atoms with van der Waals surface area (Å²) in [4.78, 5) is 12.1. The van der Waals surface area contributed by atoms with Crippen LogP contribution in [0.4, 0.5) is 15.6 Å². The van der Waals surface area contributed by atoms with Crippen molar-refractivity contribution >= 4 is 50.8 Å². The predicted molar refractivity (Wildman–Crippen MR) is 108 cm³/mol. The van der Waals surface area contributed by atoms with Gasteiger partial charge in [-0.25, -0.2) is 4.79 Å². The van der Waals surface area contributed by atoms with Crippen molar-refractivity contribution in [3.63, 3.8) is 0 Å². The smallest absolute Gasteiger partial charge is 0.325 e. The van der Waals surface area contributed by atoms with Crippen molar-refractivity contribution in [2.75, 3.05) is 17.2 Å². The summed E-state index contributed by atoms with van der Waals surface area (Å²) in [5.74, 6) is 0.764. The van der Waals surface area contributed by atoms with E-state index in [0.29, 0.717) is 17.4 Å². The Morgan fingerprint density at radius 2 is 1.88 bits per heavy atom. The minimum atomic E-state index is -0.366. The molecule has 8 heteroatoms. The lowest BCUT2D eigenvalue weighted by molar-refractivity contribution is 0.262. The van der Waals surface area contributed by atoms with E-state index in [1.807, 2.05) is 31.2 Å². The van der Waals surface area contributed by atoms with Crippen LogP contribution in [0, 0.1) is 3.57 Å². The van der Waals surface area contributed by atoms with Crippen molar-refractivity contribution in [1.29, 1.82) is 0 Å². The molecule has 0 saturated carbocycles. The molecule has 1 heterocycles. The molecule has 6 nitrogen and oxygen atoms in total. The fourth-order valence-electron chi connectivity index (χ4n) is 2.08. The number of rotatable bonds is 5. The lowest BCUT2D eigenvalue weighted by Crippen LogP contribution is -2.19. The van der Waals surface area contributed by atoms with Gasteiger partial charge in [-0.15, -0.1) is 10.2 Å². The second-order valence-electron chi connectivity index (χ2n) is 4.93. The molecule has 0 aliphatic carbocycles. The molecular weight excluding hydrogens is 451 g/mol. The Balaban J connectivity index is 1.63. The molecule has 0 saturated heterocycles. The maximum atomic E-state index is 12.1. The van der Waals surface area contributed by atoms with E-state index in [4.69, 9.17) is 4.74 Å². The fraction of sp³-hybridized carbons (Fsp3) is 0.118. The highest BCUT2D eigenvalue weighted by molar-refractivity contribution is 14.1. The van der Waals surface area contributed by atoms with E-state index in [-0.39, 0.29) is 6.03 Å². The molecule has 0 spiro atoms. The average Bonchev–Trinajstić information content (AvgIpc) is 3.05. The summed E-state index contributed by atoms with van der Waals surface area (Å²) in [5.41, 5.74) is 1.67. The maximum absolute atomic E-state index is 12.1. The van der Waals surface area contributed by atoms with E-state index in [0.717, 1.165) is 19.9 Å². The number of hydrogen-bond donors (Lipinski definition) is 2. The van der Waals surface area contributed by atoms with Gasteiger partial charge in [0.05, 0.1) is 6.61 Å². The van der Waals surface area contributed by atoms with Gasteiger partial charge in [-0.3, -0.25) is 5.32 Å². The van der Waals surface area contributed by atoms with E-state index in [2.05, 4.69) is 43.4 Å². The third kappa shape index (κ3) is 4.67. The molecule has 0 radical (unpaired) electrons. The van der Waals surface area contributed by atoms with Gasteiger partial charge in [0.1, 0.15) is 5.75 Å². The minimum absolute atomic E-state index is 0.366. The molecule has 3 rings (SSSR count). The quantitative estimate of drug-likeness (QED) is 0.527. The van der Waals surface area contributed by atoms with Crippen LogP contribution in [0.25, 0.3) is 10.6 Å².